The molecule has 1 aliphatic carbocycles. The zero-order chi connectivity index (χ0) is 14.4. The summed E-state index contributed by atoms with van der Waals surface area (Å²) in [6.45, 7) is 4.86. The van der Waals surface area contributed by atoms with E-state index in [1.54, 1.807) is 6.08 Å². The van der Waals surface area contributed by atoms with Crippen molar-refractivity contribution >= 4 is 12.0 Å². The summed E-state index contributed by atoms with van der Waals surface area (Å²) in [5.41, 5.74) is 1.00. The van der Waals surface area contributed by atoms with Gasteiger partial charge in [0.1, 0.15) is 5.75 Å². The lowest BCUT2D eigenvalue weighted by Gasteiger charge is -2.10. The summed E-state index contributed by atoms with van der Waals surface area (Å²) in [6.07, 6.45) is 6.86. The first kappa shape index (κ1) is 14.6. The number of hydrogen-bond acceptors (Lipinski definition) is 2. The first-order valence-corrected chi connectivity index (χ1v) is 7.39. The van der Waals surface area contributed by atoms with Gasteiger partial charge in [0.25, 0.3) is 0 Å². The summed E-state index contributed by atoms with van der Waals surface area (Å²) in [5, 5.41) is 3.06. The third kappa shape index (κ3) is 4.41. The van der Waals surface area contributed by atoms with Crippen LogP contribution in [-0.2, 0) is 4.79 Å². The number of hydrogen-bond donors (Lipinski definition) is 1. The van der Waals surface area contributed by atoms with Crippen LogP contribution in [0.15, 0.2) is 30.3 Å². The second kappa shape index (κ2) is 7.13. The standard InChI is InChI=1S/C17H23NO2/c1-3-20-16-9-5-14(6-10-16)7-11-17(19)18-15-8-4-13(2)12-15/h5-7,9-11,13,15H,3-4,8,12H2,1-2H3,(H,18,19)/b11-7+. The van der Waals surface area contributed by atoms with Gasteiger partial charge in [-0.05, 0) is 55.9 Å². The summed E-state index contributed by atoms with van der Waals surface area (Å²) in [6, 6.07) is 8.08. The Morgan fingerprint density at radius 1 is 1.35 bits per heavy atom. The van der Waals surface area contributed by atoms with Crippen LogP contribution in [0.25, 0.3) is 6.08 Å². The van der Waals surface area contributed by atoms with Crippen LogP contribution >= 0.6 is 0 Å². The van der Waals surface area contributed by atoms with Crippen molar-refractivity contribution in [2.24, 2.45) is 5.92 Å². The van der Waals surface area contributed by atoms with E-state index >= 15 is 0 Å². The second-order valence-electron chi connectivity index (χ2n) is 5.46. The molecule has 1 saturated carbocycles. The van der Waals surface area contributed by atoms with Crippen molar-refractivity contribution < 1.29 is 9.53 Å². The van der Waals surface area contributed by atoms with Gasteiger partial charge in [-0.2, -0.15) is 0 Å². The molecule has 108 valence electrons. The molecule has 1 aromatic carbocycles. The Bertz CT molecular complexity index is 464. The van der Waals surface area contributed by atoms with Crippen LogP contribution in [0.2, 0.25) is 0 Å². The lowest BCUT2D eigenvalue weighted by atomic mass is 10.1. The molecule has 0 aromatic heterocycles. The van der Waals surface area contributed by atoms with E-state index in [0.717, 1.165) is 30.1 Å². The summed E-state index contributed by atoms with van der Waals surface area (Å²) < 4.78 is 5.38. The van der Waals surface area contributed by atoms with Gasteiger partial charge in [0.05, 0.1) is 6.61 Å². The fourth-order valence-electron chi connectivity index (χ4n) is 2.60. The van der Waals surface area contributed by atoms with Crippen molar-refractivity contribution in [3.8, 4) is 5.75 Å². The van der Waals surface area contributed by atoms with Crippen molar-refractivity contribution in [2.75, 3.05) is 6.61 Å². The maximum absolute atomic E-state index is 11.8. The molecule has 1 aromatic rings. The number of ether oxygens (including phenoxy) is 1. The Morgan fingerprint density at radius 3 is 2.70 bits per heavy atom. The first-order valence-electron chi connectivity index (χ1n) is 7.39. The van der Waals surface area contributed by atoms with Gasteiger partial charge >= 0.3 is 0 Å². The van der Waals surface area contributed by atoms with Gasteiger partial charge in [0.15, 0.2) is 0 Å². The first-order chi connectivity index (χ1) is 9.67. The number of rotatable bonds is 5. The quantitative estimate of drug-likeness (QED) is 0.835. The fourth-order valence-corrected chi connectivity index (χ4v) is 2.60. The molecule has 0 spiro atoms. The predicted octanol–water partition coefficient (Wildman–Crippen LogP) is 3.40. The maximum Gasteiger partial charge on any atom is 0.244 e. The van der Waals surface area contributed by atoms with Crippen LogP contribution in [0, 0.1) is 5.92 Å². The monoisotopic (exact) mass is 273 g/mol. The van der Waals surface area contributed by atoms with Crippen LogP contribution in [0.5, 0.6) is 5.75 Å². The topological polar surface area (TPSA) is 38.3 Å². The van der Waals surface area contributed by atoms with Crippen molar-refractivity contribution in [3.63, 3.8) is 0 Å². The van der Waals surface area contributed by atoms with Crippen molar-refractivity contribution in [1.29, 1.82) is 0 Å². The molecule has 3 nitrogen and oxygen atoms in total. The van der Waals surface area contributed by atoms with Gasteiger partial charge in [-0.3, -0.25) is 4.79 Å². The Kier molecular flexibility index (Phi) is 5.22. The van der Waals surface area contributed by atoms with E-state index in [1.165, 1.54) is 6.42 Å². The summed E-state index contributed by atoms with van der Waals surface area (Å²) in [7, 11) is 0. The highest BCUT2D eigenvalue weighted by Gasteiger charge is 2.21. The van der Waals surface area contributed by atoms with Crippen LogP contribution in [0.4, 0.5) is 0 Å². The number of nitrogens with one attached hydrogen (secondary N) is 1. The summed E-state index contributed by atoms with van der Waals surface area (Å²) >= 11 is 0. The molecule has 2 atom stereocenters. The van der Waals surface area contributed by atoms with Crippen molar-refractivity contribution in [2.45, 2.75) is 39.2 Å². The average Bonchev–Trinajstić information content (AvgIpc) is 2.84. The van der Waals surface area contributed by atoms with Gasteiger partial charge in [-0.25, -0.2) is 0 Å². The van der Waals surface area contributed by atoms with Gasteiger partial charge in [-0.15, -0.1) is 0 Å². The molecule has 2 unspecified atom stereocenters. The minimum atomic E-state index is -0.00187. The minimum Gasteiger partial charge on any atom is -0.494 e. The minimum absolute atomic E-state index is 0.00187. The second-order valence-corrected chi connectivity index (χ2v) is 5.46. The van der Waals surface area contributed by atoms with Gasteiger partial charge in [-0.1, -0.05) is 19.1 Å². The third-order valence-electron chi connectivity index (χ3n) is 3.66. The van der Waals surface area contributed by atoms with Crippen molar-refractivity contribution in [1.82, 2.24) is 5.32 Å². The molecule has 0 bridgehead atoms. The highest BCUT2D eigenvalue weighted by atomic mass is 16.5. The van der Waals surface area contributed by atoms with Crippen LogP contribution in [-0.4, -0.2) is 18.6 Å². The smallest absolute Gasteiger partial charge is 0.244 e. The van der Waals surface area contributed by atoms with Crippen molar-refractivity contribution in [3.05, 3.63) is 35.9 Å². The Labute approximate surface area is 121 Å². The number of benzene rings is 1. The van der Waals surface area contributed by atoms with E-state index in [-0.39, 0.29) is 5.91 Å². The molecule has 0 heterocycles. The zero-order valence-electron chi connectivity index (χ0n) is 12.3. The lowest BCUT2D eigenvalue weighted by molar-refractivity contribution is -0.117. The molecular formula is C17H23NO2. The molecule has 1 fully saturated rings. The Balaban J connectivity index is 1.83. The Hall–Kier alpha value is -1.77. The molecule has 1 aliphatic rings. The molecule has 0 aliphatic heterocycles. The largest absolute Gasteiger partial charge is 0.494 e. The van der Waals surface area contributed by atoms with Crippen LogP contribution in [0.3, 0.4) is 0 Å². The summed E-state index contributed by atoms with van der Waals surface area (Å²) in [5.74, 6) is 1.59. The van der Waals surface area contributed by atoms with E-state index in [2.05, 4.69) is 12.2 Å². The van der Waals surface area contributed by atoms with Gasteiger partial charge in [0, 0.05) is 12.1 Å². The average molecular weight is 273 g/mol. The summed E-state index contributed by atoms with van der Waals surface area (Å²) in [4.78, 5) is 11.8. The molecule has 0 saturated heterocycles. The molecular weight excluding hydrogens is 250 g/mol. The van der Waals surface area contributed by atoms with E-state index in [0.29, 0.717) is 12.6 Å². The predicted molar refractivity (Wildman–Crippen MR) is 81.6 cm³/mol. The molecule has 0 radical (unpaired) electrons. The maximum atomic E-state index is 11.8. The highest BCUT2D eigenvalue weighted by Crippen LogP contribution is 2.24. The molecule has 1 N–H and O–H groups in total. The molecule has 20 heavy (non-hydrogen) atoms. The van der Waals surface area contributed by atoms with E-state index in [9.17, 15) is 4.79 Å². The van der Waals surface area contributed by atoms with E-state index in [4.69, 9.17) is 4.74 Å². The molecule has 2 rings (SSSR count). The van der Waals surface area contributed by atoms with Gasteiger partial charge < -0.3 is 10.1 Å². The Morgan fingerprint density at radius 2 is 2.10 bits per heavy atom. The van der Waals surface area contributed by atoms with Crippen LogP contribution < -0.4 is 10.1 Å². The zero-order valence-corrected chi connectivity index (χ0v) is 12.3. The number of amides is 1. The molecule has 3 heteroatoms. The molecule has 1 amide bonds. The normalized spacial score (nSPS) is 22.1. The lowest BCUT2D eigenvalue weighted by Crippen LogP contribution is -2.31. The third-order valence-corrected chi connectivity index (χ3v) is 3.66. The van der Waals surface area contributed by atoms with E-state index in [1.807, 2.05) is 37.3 Å². The van der Waals surface area contributed by atoms with Gasteiger partial charge in [0.2, 0.25) is 5.91 Å². The van der Waals surface area contributed by atoms with Crippen LogP contribution in [0.1, 0.15) is 38.7 Å². The number of carbonyl (C=O) groups excluding carboxylic acids is 1. The highest BCUT2D eigenvalue weighted by molar-refractivity contribution is 5.91. The fraction of sp³-hybridized carbons (Fsp3) is 0.471. The number of carbonyl (C=O) groups is 1. The van der Waals surface area contributed by atoms with E-state index < -0.39 is 0 Å². The SMILES string of the molecule is CCOc1ccc(/C=C/C(=O)NC2CCC(C)C2)cc1.